The Hall–Kier alpha value is -2.18. The predicted octanol–water partition coefficient (Wildman–Crippen LogP) is 0.730. The first-order valence-electron chi connectivity index (χ1n) is 6.50. The molecule has 3 heterocycles. The Bertz CT molecular complexity index is 578. The van der Waals surface area contributed by atoms with Crippen LogP contribution in [0.25, 0.3) is 0 Å². The number of pyridine rings is 1. The molecule has 0 saturated carbocycles. The van der Waals surface area contributed by atoms with E-state index in [1.54, 1.807) is 4.90 Å². The number of carboxylic acid groups (broad SMARTS) is 1. The number of hydrogen-bond acceptors (Lipinski definition) is 4. The summed E-state index contributed by atoms with van der Waals surface area (Å²) in [6, 6.07) is 1.22. The Labute approximate surface area is 114 Å². The van der Waals surface area contributed by atoms with E-state index in [1.165, 1.54) is 6.20 Å². The summed E-state index contributed by atoms with van der Waals surface area (Å²) in [6.07, 6.45) is 2.59. The van der Waals surface area contributed by atoms with Crippen molar-refractivity contribution in [3.05, 3.63) is 23.6 Å². The van der Waals surface area contributed by atoms with Crippen LogP contribution >= 0.6 is 0 Å². The number of fused-ring (bicyclic) bond motifs is 1. The highest BCUT2D eigenvalue weighted by Gasteiger charge is 2.36. The molecule has 1 unspecified atom stereocenters. The second kappa shape index (κ2) is 4.73. The summed E-state index contributed by atoms with van der Waals surface area (Å²) in [5, 5.41) is 8.93. The Balaban J connectivity index is 1.86. The first kappa shape index (κ1) is 12.8. The van der Waals surface area contributed by atoms with Crippen molar-refractivity contribution >= 4 is 17.7 Å². The maximum atomic E-state index is 14.2. The van der Waals surface area contributed by atoms with Gasteiger partial charge < -0.3 is 14.9 Å². The van der Waals surface area contributed by atoms with Crippen LogP contribution in [0.3, 0.4) is 0 Å². The van der Waals surface area contributed by atoms with Crippen LogP contribution in [0.4, 0.5) is 10.2 Å². The number of nitrogens with zero attached hydrogens (tertiary/aromatic N) is 3. The zero-order valence-electron chi connectivity index (χ0n) is 10.8. The molecule has 6 nitrogen and oxygen atoms in total. The van der Waals surface area contributed by atoms with Gasteiger partial charge in [0.15, 0.2) is 11.6 Å². The highest BCUT2D eigenvalue weighted by molar-refractivity contribution is 5.88. The number of anilines is 1. The van der Waals surface area contributed by atoms with Gasteiger partial charge in [0.1, 0.15) is 5.56 Å². The lowest BCUT2D eigenvalue weighted by molar-refractivity contribution is -0.129. The number of aromatic carboxylic acids is 1. The Kier molecular flexibility index (Phi) is 3.04. The van der Waals surface area contributed by atoms with E-state index in [4.69, 9.17) is 5.11 Å². The topological polar surface area (TPSA) is 73.7 Å². The average molecular weight is 279 g/mol. The molecule has 20 heavy (non-hydrogen) atoms. The summed E-state index contributed by atoms with van der Waals surface area (Å²) in [5.74, 6) is -1.91. The number of hydrogen-bond donors (Lipinski definition) is 1. The van der Waals surface area contributed by atoms with Crippen molar-refractivity contribution in [1.82, 2.24) is 9.88 Å². The molecule has 1 N–H and O–H groups in total. The molecular weight excluding hydrogens is 265 g/mol. The minimum absolute atomic E-state index is 0.0592. The maximum Gasteiger partial charge on any atom is 0.338 e. The lowest BCUT2D eigenvalue weighted by Gasteiger charge is -2.38. The van der Waals surface area contributed by atoms with Crippen molar-refractivity contribution in [3.63, 3.8) is 0 Å². The maximum absolute atomic E-state index is 14.2. The monoisotopic (exact) mass is 279 g/mol. The molecule has 0 aromatic carbocycles. The van der Waals surface area contributed by atoms with E-state index in [1.807, 2.05) is 4.90 Å². The summed E-state index contributed by atoms with van der Waals surface area (Å²) in [6.45, 7) is 1.50. The lowest BCUT2D eigenvalue weighted by Crippen LogP contribution is -2.52. The minimum atomic E-state index is -1.30. The molecule has 2 aliphatic rings. The van der Waals surface area contributed by atoms with Gasteiger partial charge in [0, 0.05) is 38.3 Å². The fourth-order valence-electron chi connectivity index (χ4n) is 2.88. The molecule has 2 aliphatic heterocycles. The fourth-order valence-corrected chi connectivity index (χ4v) is 2.88. The number of piperazine rings is 1. The highest BCUT2D eigenvalue weighted by Crippen LogP contribution is 2.27. The molecular formula is C13H14FN3O3. The van der Waals surface area contributed by atoms with E-state index in [-0.39, 0.29) is 23.3 Å². The largest absolute Gasteiger partial charge is 0.478 e. The molecule has 7 heteroatoms. The molecule has 0 radical (unpaired) electrons. The van der Waals surface area contributed by atoms with E-state index in [0.717, 1.165) is 12.5 Å². The summed E-state index contributed by atoms with van der Waals surface area (Å²) in [5.41, 5.74) is -0.375. The van der Waals surface area contributed by atoms with Crippen molar-refractivity contribution in [2.24, 2.45) is 0 Å². The summed E-state index contributed by atoms with van der Waals surface area (Å²) in [7, 11) is 0. The van der Waals surface area contributed by atoms with Crippen LogP contribution < -0.4 is 4.90 Å². The second-order valence-electron chi connectivity index (χ2n) is 5.03. The van der Waals surface area contributed by atoms with E-state index >= 15 is 0 Å². The molecule has 1 aromatic heterocycles. The van der Waals surface area contributed by atoms with Gasteiger partial charge >= 0.3 is 5.97 Å². The first-order chi connectivity index (χ1) is 9.58. The van der Waals surface area contributed by atoms with Crippen molar-refractivity contribution in [3.8, 4) is 0 Å². The van der Waals surface area contributed by atoms with E-state index < -0.39 is 11.8 Å². The van der Waals surface area contributed by atoms with Crippen LogP contribution in [0.1, 0.15) is 23.2 Å². The quantitative estimate of drug-likeness (QED) is 0.864. The Morgan fingerprint density at radius 2 is 2.25 bits per heavy atom. The molecule has 0 aliphatic carbocycles. The molecule has 0 spiro atoms. The smallest absolute Gasteiger partial charge is 0.338 e. The third kappa shape index (κ3) is 1.99. The lowest BCUT2D eigenvalue weighted by atomic mass is 10.1. The second-order valence-corrected chi connectivity index (χ2v) is 5.03. The van der Waals surface area contributed by atoms with Crippen molar-refractivity contribution in [1.29, 1.82) is 0 Å². The van der Waals surface area contributed by atoms with Crippen LogP contribution in [-0.4, -0.2) is 52.5 Å². The summed E-state index contributed by atoms with van der Waals surface area (Å²) < 4.78 is 14.2. The van der Waals surface area contributed by atoms with Crippen LogP contribution in [0.2, 0.25) is 0 Å². The Morgan fingerprint density at radius 3 is 3.00 bits per heavy atom. The fraction of sp³-hybridized carbons (Fsp3) is 0.462. The van der Waals surface area contributed by atoms with E-state index in [0.29, 0.717) is 26.1 Å². The molecule has 1 amide bonds. The summed E-state index contributed by atoms with van der Waals surface area (Å²) in [4.78, 5) is 30.0. The van der Waals surface area contributed by atoms with Gasteiger partial charge in [-0.05, 0) is 12.5 Å². The number of carbonyl (C=O) groups is 2. The number of carbonyl (C=O) groups excluding carboxylic acids is 1. The highest BCUT2D eigenvalue weighted by atomic mass is 19.1. The van der Waals surface area contributed by atoms with Gasteiger partial charge in [0.25, 0.3) is 0 Å². The number of aromatic nitrogens is 1. The van der Waals surface area contributed by atoms with Crippen molar-refractivity contribution < 1.29 is 19.1 Å². The van der Waals surface area contributed by atoms with Gasteiger partial charge in [-0.1, -0.05) is 0 Å². The molecule has 1 aromatic rings. The van der Waals surface area contributed by atoms with Crippen molar-refractivity contribution in [2.75, 3.05) is 24.5 Å². The van der Waals surface area contributed by atoms with Gasteiger partial charge in [0.05, 0.1) is 0 Å². The van der Waals surface area contributed by atoms with Gasteiger partial charge in [-0.2, -0.15) is 0 Å². The minimum Gasteiger partial charge on any atom is -0.478 e. The van der Waals surface area contributed by atoms with Crippen LogP contribution in [-0.2, 0) is 4.79 Å². The van der Waals surface area contributed by atoms with Crippen LogP contribution in [0.15, 0.2) is 12.3 Å². The van der Waals surface area contributed by atoms with Crippen molar-refractivity contribution in [2.45, 2.75) is 18.9 Å². The van der Waals surface area contributed by atoms with Gasteiger partial charge in [-0.25, -0.2) is 14.2 Å². The average Bonchev–Trinajstić information content (AvgIpc) is 2.80. The molecule has 2 fully saturated rings. The number of amides is 1. The molecule has 1 atom stereocenters. The van der Waals surface area contributed by atoms with Crippen LogP contribution in [0, 0.1) is 5.82 Å². The van der Waals surface area contributed by atoms with Gasteiger partial charge in [-0.3, -0.25) is 4.79 Å². The zero-order chi connectivity index (χ0) is 14.3. The molecule has 2 saturated heterocycles. The summed E-state index contributed by atoms with van der Waals surface area (Å²) >= 11 is 0. The third-order valence-corrected chi connectivity index (χ3v) is 3.90. The first-order valence-corrected chi connectivity index (χ1v) is 6.50. The normalized spacial score (nSPS) is 22.1. The van der Waals surface area contributed by atoms with Gasteiger partial charge in [0.2, 0.25) is 5.91 Å². The van der Waals surface area contributed by atoms with E-state index in [9.17, 15) is 14.0 Å². The van der Waals surface area contributed by atoms with Crippen LogP contribution in [0.5, 0.6) is 0 Å². The SMILES string of the molecule is O=C(O)c1ccnc(N2CCN3C(=O)CCC3C2)c1F. The molecule has 106 valence electrons. The standard InChI is InChI=1S/C13H14FN3O3/c14-11-9(13(19)20)3-4-15-12(11)16-5-6-17-8(7-16)1-2-10(17)18/h3-4,8H,1-2,5-7H2,(H,19,20). The van der Waals surface area contributed by atoms with E-state index in [2.05, 4.69) is 4.98 Å². The Morgan fingerprint density at radius 1 is 1.45 bits per heavy atom. The molecule has 0 bridgehead atoms. The zero-order valence-corrected chi connectivity index (χ0v) is 10.8. The number of rotatable bonds is 2. The van der Waals surface area contributed by atoms with Gasteiger partial charge in [-0.15, -0.1) is 0 Å². The molecule has 3 rings (SSSR count). The number of halogens is 1. The third-order valence-electron chi connectivity index (χ3n) is 3.90. The number of carboxylic acids is 1. The predicted molar refractivity (Wildman–Crippen MR) is 68.1 cm³/mol.